The van der Waals surface area contributed by atoms with Gasteiger partial charge in [-0.3, -0.25) is 19.3 Å². The van der Waals surface area contributed by atoms with E-state index in [4.69, 9.17) is 4.99 Å². The van der Waals surface area contributed by atoms with E-state index in [1.807, 2.05) is 31.2 Å². The lowest BCUT2D eigenvalue weighted by Gasteiger charge is -2.33. The molecule has 0 bridgehead atoms. The number of nitrogens with zero attached hydrogens (tertiary/aromatic N) is 3. The van der Waals surface area contributed by atoms with Crippen LogP contribution in [0.2, 0.25) is 0 Å². The van der Waals surface area contributed by atoms with Crippen molar-refractivity contribution in [3.05, 3.63) is 29.8 Å². The highest BCUT2D eigenvalue weighted by atomic mass is 32.2. The second-order valence-electron chi connectivity index (χ2n) is 10.5. The van der Waals surface area contributed by atoms with Gasteiger partial charge in [0.1, 0.15) is 11.9 Å². The Hall–Kier alpha value is -2.68. The maximum Gasteiger partial charge on any atom is 0.271 e. The number of para-hydroxylation sites is 1. The quantitative estimate of drug-likeness (QED) is 0.550. The van der Waals surface area contributed by atoms with Crippen molar-refractivity contribution in [1.29, 1.82) is 0 Å². The van der Waals surface area contributed by atoms with Crippen molar-refractivity contribution >= 4 is 46.2 Å². The minimum atomic E-state index is -0.753. The highest BCUT2D eigenvalue weighted by Gasteiger charge is 2.44. The van der Waals surface area contributed by atoms with Crippen molar-refractivity contribution in [2.75, 3.05) is 0 Å². The summed E-state index contributed by atoms with van der Waals surface area (Å²) in [5, 5.41) is 6.59. The first-order valence-corrected chi connectivity index (χ1v) is 14.8. The molecular formula is C28H37N5O3S. The molecule has 8 nitrogen and oxygen atoms in total. The third-order valence-electron chi connectivity index (χ3n) is 7.82. The number of hydrogen-bond donors (Lipinski definition) is 2. The first kappa shape index (κ1) is 25.9. The van der Waals surface area contributed by atoms with Crippen LogP contribution in [0.3, 0.4) is 0 Å². The average Bonchev–Trinajstić information content (AvgIpc) is 3.24. The maximum atomic E-state index is 13.2. The van der Waals surface area contributed by atoms with Crippen LogP contribution in [0.15, 0.2) is 34.3 Å². The van der Waals surface area contributed by atoms with E-state index in [1.165, 1.54) is 24.6 Å². The first-order valence-electron chi connectivity index (χ1n) is 13.9. The summed E-state index contributed by atoms with van der Waals surface area (Å²) >= 11 is 1.37. The molecule has 9 heteroatoms. The summed E-state index contributed by atoms with van der Waals surface area (Å²) < 4.78 is 0. The summed E-state index contributed by atoms with van der Waals surface area (Å²) in [5.41, 5.74) is 1.50. The van der Waals surface area contributed by atoms with Gasteiger partial charge < -0.3 is 10.6 Å². The van der Waals surface area contributed by atoms with Gasteiger partial charge in [-0.2, -0.15) is 4.99 Å². The van der Waals surface area contributed by atoms with E-state index >= 15 is 0 Å². The zero-order valence-electron chi connectivity index (χ0n) is 21.6. The van der Waals surface area contributed by atoms with Crippen molar-refractivity contribution in [2.24, 2.45) is 9.98 Å². The number of thioether (sulfide) groups is 1. The molecule has 0 saturated heterocycles. The molecule has 0 radical (unpaired) electrons. The molecule has 1 aromatic carbocycles. The third-order valence-corrected chi connectivity index (χ3v) is 9.15. The van der Waals surface area contributed by atoms with Crippen molar-refractivity contribution in [1.82, 2.24) is 15.5 Å². The minimum Gasteiger partial charge on any atom is -0.353 e. The molecule has 198 valence electrons. The van der Waals surface area contributed by atoms with Crippen LogP contribution in [0, 0.1) is 0 Å². The molecule has 0 aromatic heterocycles. The second kappa shape index (κ2) is 11.8. The van der Waals surface area contributed by atoms with E-state index in [0.29, 0.717) is 17.4 Å². The number of rotatable bonds is 7. The molecule has 2 heterocycles. The van der Waals surface area contributed by atoms with Gasteiger partial charge in [-0.1, -0.05) is 69.3 Å². The Bertz CT molecular complexity index is 1090. The molecule has 2 fully saturated rings. The summed E-state index contributed by atoms with van der Waals surface area (Å²) in [6, 6.07) is 7.25. The fourth-order valence-electron chi connectivity index (χ4n) is 5.78. The number of amides is 3. The molecule has 37 heavy (non-hydrogen) atoms. The van der Waals surface area contributed by atoms with Gasteiger partial charge in [0.2, 0.25) is 11.8 Å². The molecule has 5 rings (SSSR count). The largest absolute Gasteiger partial charge is 0.353 e. The van der Waals surface area contributed by atoms with Gasteiger partial charge in [-0.05, 0) is 44.2 Å². The predicted octanol–water partition coefficient (Wildman–Crippen LogP) is 4.44. The van der Waals surface area contributed by atoms with Crippen LogP contribution >= 0.6 is 11.8 Å². The van der Waals surface area contributed by atoms with Crippen LogP contribution in [-0.4, -0.2) is 57.0 Å². The van der Waals surface area contributed by atoms with Crippen LogP contribution < -0.4 is 10.6 Å². The van der Waals surface area contributed by atoms with Crippen LogP contribution in [0.1, 0.15) is 89.5 Å². The lowest BCUT2D eigenvalue weighted by molar-refractivity contribution is -0.127. The zero-order chi connectivity index (χ0) is 25.8. The Labute approximate surface area is 223 Å². The number of hydrogen-bond acceptors (Lipinski definition) is 6. The number of carbonyl (C=O) groups is 3. The molecule has 2 N–H and O–H groups in total. The highest BCUT2D eigenvalue weighted by molar-refractivity contribution is 8.15. The fourth-order valence-corrected chi connectivity index (χ4v) is 6.86. The third kappa shape index (κ3) is 5.92. The second-order valence-corrected chi connectivity index (χ2v) is 11.7. The van der Waals surface area contributed by atoms with E-state index in [1.54, 1.807) is 4.90 Å². The van der Waals surface area contributed by atoms with Crippen molar-refractivity contribution in [3.8, 4) is 0 Å². The standard InChI is InChI=1S/C28H37N5O3S/c1-2-23(27(36)30-19-13-7-4-8-14-19)37-28-31-21-16-10-9-15-20(21)25-32-26(35)22(33(25)28)17-24(34)29-18-11-5-3-6-12-18/h9-10,15-16,18-19,22-23H,2-8,11-14,17H2,1H3,(H,29,34)(H,30,36). The topological polar surface area (TPSA) is 103 Å². The van der Waals surface area contributed by atoms with Crippen LogP contribution in [0.25, 0.3) is 0 Å². The van der Waals surface area contributed by atoms with Crippen molar-refractivity contribution in [3.63, 3.8) is 0 Å². The molecule has 2 unspecified atom stereocenters. The summed E-state index contributed by atoms with van der Waals surface area (Å²) in [5.74, 6) is 0.0677. The fraction of sp³-hybridized carbons (Fsp3) is 0.607. The van der Waals surface area contributed by atoms with E-state index in [-0.39, 0.29) is 41.5 Å². The number of benzene rings is 1. The van der Waals surface area contributed by atoms with E-state index in [2.05, 4.69) is 15.6 Å². The number of nitrogens with one attached hydrogen (secondary N) is 2. The Morgan fingerprint density at radius 1 is 0.973 bits per heavy atom. The normalized spacial score (nSPS) is 23.0. The Balaban J connectivity index is 1.35. The Morgan fingerprint density at radius 2 is 1.62 bits per heavy atom. The molecule has 2 aliphatic heterocycles. The van der Waals surface area contributed by atoms with E-state index in [0.717, 1.165) is 62.6 Å². The summed E-state index contributed by atoms with van der Waals surface area (Å²) in [4.78, 5) is 50.4. The summed E-state index contributed by atoms with van der Waals surface area (Å²) in [6.07, 6.45) is 11.7. The molecule has 1 aromatic rings. The molecule has 4 aliphatic rings. The van der Waals surface area contributed by atoms with Gasteiger partial charge >= 0.3 is 0 Å². The van der Waals surface area contributed by atoms with Crippen LogP contribution in [0.5, 0.6) is 0 Å². The number of carbonyl (C=O) groups excluding carboxylic acids is 3. The van der Waals surface area contributed by atoms with Gasteiger partial charge in [0.25, 0.3) is 5.91 Å². The van der Waals surface area contributed by atoms with Gasteiger partial charge in [-0.25, -0.2) is 4.99 Å². The number of fused-ring (bicyclic) bond motifs is 3. The summed E-state index contributed by atoms with van der Waals surface area (Å²) in [6.45, 7) is 1.99. The molecule has 2 atom stereocenters. The molecule has 0 spiro atoms. The van der Waals surface area contributed by atoms with Gasteiger partial charge in [0.05, 0.1) is 17.4 Å². The van der Waals surface area contributed by atoms with E-state index in [9.17, 15) is 14.4 Å². The molecular weight excluding hydrogens is 486 g/mol. The zero-order valence-corrected chi connectivity index (χ0v) is 22.4. The van der Waals surface area contributed by atoms with E-state index < -0.39 is 6.04 Å². The monoisotopic (exact) mass is 523 g/mol. The molecule has 2 saturated carbocycles. The van der Waals surface area contributed by atoms with Gasteiger partial charge in [0, 0.05) is 17.6 Å². The number of aliphatic imine (C=N–C) groups is 2. The SMILES string of the molecule is CCC(SC1=Nc2ccccc2C2=NC(=O)C(CC(=O)NC3CCCCC3)N12)C(=O)NC1CCCCC1. The highest BCUT2D eigenvalue weighted by Crippen LogP contribution is 2.36. The van der Waals surface area contributed by atoms with Gasteiger partial charge in [-0.15, -0.1) is 0 Å². The predicted molar refractivity (Wildman–Crippen MR) is 147 cm³/mol. The molecule has 2 aliphatic carbocycles. The van der Waals surface area contributed by atoms with Crippen LogP contribution in [-0.2, 0) is 14.4 Å². The minimum absolute atomic E-state index is 0.0107. The lowest BCUT2D eigenvalue weighted by atomic mass is 9.95. The first-order chi connectivity index (χ1) is 18.0. The maximum absolute atomic E-state index is 13.2. The Morgan fingerprint density at radius 3 is 2.30 bits per heavy atom. The summed E-state index contributed by atoms with van der Waals surface area (Å²) in [7, 11) is 0. The van der Waals surface area contributed by atoms with Crippen LogP contribution in [0.4, 0.5) is 5.69 Å². The van der Waals surface area contributed by atoms with Crippen molar-refractivity contribution < 1.29 is 14.4 Å². The number of amidine groups is 2. The van der Waals surface area contributed by atoms with Gasteiger partial charge in [0.15, 0.2) is 5.17 Å². The smallest absolute Gasteiger partial charge is 0.271 e. The molecule has 3 amide bonds. The Kier molecular flexibility index (Phi) is 8.27. The average molecular weight is 524 g/mol. The van der Waals surface area contributed by atoms with Crippen molar-refractivity contribution in [2.45, 2.75) is 107 Å². The lowest BCUT2D eigenvalue weighted by Crippen LogP contribution is -2.48.